The van der Waals surface area contributed by atoms with Crippen molar-refractivity contribution in [2.75, 3.05) is 13.2 Å². The van der Waals surface area contributed by atoms with Gasteiger partial charge < -0.3 is 9.16 Å². The largest absolute Gasteiger partial charge is 0.414 e. The molecule has 1 rings (SSSR count). The van der Waals surface area contributed by atoms with Gasteiger partial charge in [0.1, 0.15) is 6.10 Å². The molecule has 0 aromatic heterocycles. The average Bonchev–Trinajstić information content (AvgIpc) is 2.99. The summed E-state index contributed by atoms with van der Waals surface area (Å²) < 4.78 is 11.7. The van der Waals surface area contributed by atoms with E-state index in [0.29, 0.717) is 19.3 Å². The predicted octanol–water partition coefficient (Wildman–Crippen LogP) is 3.87. The molecule has 0 aromatic rings. The number of epoxide rings is 1. The van der Waals surface area contributed by atoms with Gasteiger partial charge in [0, 0.05) is 11.5 Å². The molecule has 2 atom stereocenters. The number of nitrogens with zero attached hydrogens (tertiary/aromatic N) is 3. The lowest BCUT2D eigenvalue weighted by molar-refractivity contribution is 0.241. The van der Waals surface area contributed by atoms with Gasteiger partial charge in [-0.1, -0.05) is 25.9 Å². The molecule has 0 aliphatic carbocycles. The van der Waals surface area contributed by atoms with Gasteiger partial charge in [-0.25, -0.2) is 0 Å². The highest BCUT2D eigenvalue weighted by atomic mass is 28.4. The molecule has 0 aromatic carbocycles. The molecule has 1 heterocycles. The summed E-state index contributed by atoms with van der Waals surface area (Å²) in [5, 5.41) is 3.76. The third kappa shape index (κ3) is 4.61. The van der Waals surface area contributed by atoms with Crippen molar-refractivity contribution in [1.29, 1.82) is 0 Å². The van der Waals surface area contributed by atoms with Gasteiger partial charge in [-0.15, -0.1) is 0 Å². The van der Waals surface area contributed by atoms with Crippen LogP contribution in [0.5, 0.6) is 0 Å². The molecule has 0 spiro atoms. The molecule has 104 valence electrons. The standard InChI is InChI=1S/C12H25N3O2Si/c1-12(2,3)18(4,5)16-9-11-10(17-11)7-6-8-14-15-13/h10-11H,6-9H2,1-5H3/t10-,11-/m1/s1. The highest BCUT2D eigenvalue weighted by Crippen LogP contribution is 2.38. The molecule has 0 bridgehead atoms. The third-order valence-corrected chi connectivity index (χ3v) is 8.41. The van der Waals surface area contributed by atoms with Crippen molar-refractivity contribution < 1.29 is 9.16 Å². The Morgan fingerprint density at radius 2 is 2.00 bits per heavy atom. The monoisotopic (exact) mass is 271 g/mol. The fourth-order valence-corrected chi connectivity index (χ4v) is 2.51. The number of hydrogen-bond acceptors (Lipinski definition) is 3. The van der Waals surface area contributed by atoms with E-state index in [1.807, 2.05) is 0 Å². The van der Waals surface area contributed by atoms with Crippen LogP contribution in [0.25, 0.3) is 10.4 Å². The van der Waals surface area contributed by atoms with Crippen LogP contribution in [0.4, 0.5) is 0 Å². The molecule has 18 heavy (non-hydrogen) atoms. The minimum atomic E-state index is -1.65. The fourth-order valence-electron chi connectivity index (χ4n) is 1.49. The summed E-state index contributed by atoms with van der Waals surface area (Å²) in [6.07, 6.45) is 2.42. The lowest BCUT2D eigenvalue weighted by Gasteiger charge is -2.36. The van der Waals surface area contributed by atoms with Gasteiger partial charge in [-0.05, 0) is 36.5 Å². The molecule has 0 saturated carbocycles. The first-order valence-corrected chi connectivity index (χ1v) is 9.49. The highest BCUT2D eigenvalue weighted by Gasteiger charge is 2.42. The summed E-state index contributed by atoms with van der Waals surface area (Å²) in [6, 6.07) is 0. The number of azide groups is 1. The van der Waals surface area contributed by atoms with E-state index in [0.717, 1.165) is 12.8 Å². The van der Waals surface area contributed by atoms with Gasteiger partial charge in [0.25, 0.3) is 0 Å². The Bertz CT molecular complexity index is 322. The number of hydrogen-bond donors (Lipinski definition) is 0. The van der Waals surface area contributed by atoms with E-state index in [9.17, 15) is 0 Å². The molecule has 0 radical (unpaired) electrons. The second-order valence-electron chi connectivity index (χ2n) is 6.38. The van der Waals surface area contributed by atoms with Crippen molar-refractivity contribution in [2.24, 2.45) is 5.11 Å². The van der Waals surface area contributed by atoms with Crippen LogP contribution >= 0.6 is 0 Å². The zero-order chi connectivity index (χ0) is 13.8. The Hall–Kier alpha value is -0.553. The topological polar surface area (TPSA) is 70.5 Å². The van der Waals surface area contributed by atoms with Gasteiger partial charge >= 0.3 is 0 Å². The molecule has 1 saturated heterocycles. The normalized spacial score (nSPS) is 23.6. The Balaban J connectivity index is 2.18. The SMILES string of the molecule is CC(C)(C)[Si](C)(C)OC[C@H]1O[C@@H]1CCCN=[N+]=[N-]. The molecular weight excluding hydrogens is 246 g/mol. The Morgan fingerprint density at radius 3 is 2.56 bits per heavy atom. The maximum atomic E-state index is 8.16. The van der Waals surface area contributed by atoms with Crippen LogP contribution in [0, 0.1) is 0 Å². The molecule has 6 heteroatoms. The molecule has 1 aliphatic rings. The minimum Gasteiger partial charge on any atom is -0.414 e. The van der Waals surface area contributed by atoms with Gasteiger partial charge in [-0.3, -0.25) is 0 Å². The molecule has 1 aliphatic heterocycles. The van der Waals surface area contributed by atoms with Crippen molar-refractivity contribution in [3.63, 3.8) is 0 Å². The summed E-state index contributed by atoms with van der Waals surface area (Å²) in [5.74, 6) is 0. The van der Waals surface area contributed by atoms with Gasteiger partial charge in [0.15, 0.2) is 8.32 Å². The van der Waals surface area contributed by atoms with Gasteiger partial charge in [0.2, 0.25) is 0 Å². The van der Waals surface area contributed by atoms with Crippen LogP contribution in [-0.4, -0.2) is 33.7 Å². The quantitative estimate of drug-likeness (QED) is 0.176. The summed E-state index contributed by atoms with van der Waals surface area (Å²) in [4.78, 5) is 2.73. The first-order chi connectivity index (χ1) is 8.28. The van der Waals surface area contributed by atoms with Crippen molar-refractivity contribution >= 4 is 8.32 Å². The van der Waals surface area contributed by atoms with E-state index in [1.165, 1.54) is 0 Å². The molecule has 0 amide bonds. The second-order valence-corrected chi connectivity index (χ2v) is 11.2. The van der Waals surface area contributed by atoms with Crippen molar-refractivity contribution in [3.8, 4) is 0 Å². The first-order valence-electron chi connectivity index (χ1n) is 6.58. The van der Waals surface area contributed by atoms with Crippen LogP contribution in [0.2, 0.25) is 18.1 Å². The Morgan fingerprint density at radius 1 is 1.33 bits per heavy atom. The van der Waals surface area contributed by atoms with Crippen LogP contribution in [0.1, 0.15) is 33.6 Å². The summed E-state index contributed by atoms with van der Waals surface area (Å²) in [5.41, 5.74) is 8.16. The van der Waals surface area contributed by atoms with Crippen LogP contribution in [0.3, 0.4) is 0 Å². The van der Waals surface area contributed by atoms with Crippen LogP contribution in [0.15, 0.2) is 5.11 Å². The van der Waals surface area contributed by atoms with E-state index in [2.05, 4.69) is 43.9 Å². The number of ether oxygens (including phenoxy) is 1. The lowest BCUT2D eigenvalue weighted by Crippen LogP contribution is -2.41. The van der Waals surface area contributed by atoms with Gasteiger partial charge in [-0.2, -0.15) is 0 Å². The van der Waals surface area contributed by atoms with Gasteiger partial charge in [0.05, 0.1) is 12.7 Å². The molecular formula is C12H25N3O2Si. The zero-order valence-electron chi connectivity index (χ0n) is 12.1. The van der Waals surface area contributed by atoms with Crippen molar-refractivity contribution in [2.45, 2.75) is 64.0 Å². The van der Waals surface area contributed by atoms with E-state index >= 15 is 0 Å². The predicted molar refractivity (Wildman–Crippen MR) is 75.1 cm³/mol. The first kappa shape index (κ1) is 15.5. The molecule has 0 unspecified atom stereocenters. The molecule has 5 nitrogen and oxygen atoms in total. The van der Waals surface area contributed by atoms with Crippen LogP contribution < -0.4 is 0 Å². The van der Waals surface area contributed by atoms with Crippen LogP contribution in [-0.2, 0) is 9.16 Å². The molecule has 1 fully saturated rings. The summed E-state index contributed by atoms with van der Waals surface area (Å²) in [6.45, 7) is 12.5. The minimum absolute atomic E-state index is 0.249. The maximum Gasteiger partial charge on any atom is 0.192 e. The third-order valence-electron chi connectivity index (χ3n) is 3.91. The van der Waals surface area contributed by atoms with E-state index in [1.54, 1.807) is 0 Å². The Kier molecular flexibility index (Phi) is 5.22. The van der Waals surface area contributed by atoms with E-state index in [4.69, 9.17) is 14.7 Å². The zero-order valence-corrected chi connectivity index (χ0v) is 13.1. The van der Waals surface area contributed by atoms with E-state index < -0.39 is 8.32 Å². The summed E-state index contributed by atoms with van der Waals surface area (Å²) in [7, 11) is -1.65. The maximum absolute atomic E-state index is 8.16. The average molecular weight is 271 g/mol. The highest BCUT2D eigenvalue weighted by molar-refractivity contribution is 6.74. The number of rotatable bonds is 7. The lowest BCUT2D eigenvalue weighted by atomic mass is 10.2. The molecule has 0 N–H and O–H groups in total. The van der Waals surface area contributed by atoms with E-state index in [-0.39, 0.29) is 11.1 Å². The van der Waals surface area contributed by atoms with Crippen molar-refractivity contribution in [1.82, 2.24) is 0 Å². The smallest absolute Gasteiger partial charge is 0.192 e. The Labute approximate surface area is 111 Å². The summed E-state index contributed by atoms with van der Waals surface area (Å²) >= 11 is 0. The van der Waals surface area contributed by atoms with Crippen molar-refractivity contribution in [3.05, 3.63) is 10.4 Å². The fraction of sp³-hybridized carbons (Fsp3) is 1.00. The second kappa shape index (κ2) is 6.06.